The Morgan fingerprint density at radius 2 is 1.60 bits per heavy atom. The predicted octanol–water partition coefficient (Wildman–Crippen LogP) is 7.31. The molecule has 0 aliphatic carbocycles. The van der Waals surface area contributed by atoms with E-state index >= 15 is 4.21 Å². The maximum absolute atomic E-state index is 15.7. The lowest BCUT2D eigenvalue weighted by atomic mass is 9.88. The van der Waals surface area contributed by atoms with Gasteiger partial charge in [0.1, 0.15) is 0 Å². The molecule has 5 rings (SSSR count). The number of hydrogen-bond acceptors (Lipinski definition) is 6. The van der Waals surface area contributed by atoms with E-state index < -0.39 is 29.7 Å². The number of likely N-dealkylation sites (tertiary alicyclic amines) is 1. The fraction of sp³-hybridized carbons (Fsp3) is 0.538. The quantitative estimate of drug-likeness (QED) is 0.197. The highest BCUT2D eigenvalue weighted by Gasteiger charge is 2.58. The molecule has 2 fully saturated rings. The second-order valence-electron chi connectivity index (χ2n) is 15.9. The fourth-order valence-corrected chi connectivity index (χ4v) is 10.7. The van der Waals surface area contributed by atoms with Crippen LogP contribution < -0.4 is 5.32 Å². The van der Waals surface area contributed by atoms with Crippen molar-refractivity contribution in [3.63, 3.8) is 0 Å². The summed E-state index contributed by atoms with van der Waals surface area (Å²) in [5, 5.41) is 16.0. The summed E-state index contributed by atoms with van der Waals surface area (Å²) < 4.78 is 27.8. The maximum atomic E-state index is 15.7. The molecule has 2 heterocycles. The van der Waals surface area contributed by atoms with E-state index in [4.69, 9.17) is 8.79 Å². The van der Waals surface area contributed by atoms with Crippen molar-refractivity contribution in [3.8, 4) is 0 Å². The van der Waals surface area contributed by atoms with Crippen LogP contribution in [-0.4, -0.2) is 71.7 Å². The van der Waals surface area contributed by atoms with E-state index in [1.165, 1.54) is 11.1 Å². The van der Waals surface area contributed by atoms with E-state index in [0.29, 0.717) is 18.9 Å². The molecule has 256 valence electrons. The lowest BCUT2D eigenvalue weighted by molar-refractivity contribution is 0.105. The molecule has 0 spiro atoms. The monoisotopic (exact) mass is 675 g/mol. The number of benzene rings is 3. The molecule has 1 unspecified atom stereocenters. The van der Waals surface area contributed by atoms with Gasteiger partial charge in [-0.15, -0.1) is 0 Å². The first-order valence-electron chi connectivity index (χ1n) is 17.3. The first-order valence-corrected chi connectivity index (χ1v) is 21.9. The van der Waals surface area contributed by atoms with E-state index in [1.807, 2.05) is 36.4 Å². The van der Waals surface area contributed by atoms with Crippen LogP contribution in [0.25, 0.3) is 0 Å². The minimum absolute atomic E-state index is 0.0722. The second kappa shape index (κ2) is 14.3. The van der Waals surface area contributed by atoms with Gasteiger partial charge in [-0.3, -0.25) is 4.90 Å². The molecule has 0 radical (unpaired) electrons. The van der Waals surface area contributed by atoms with Crippen LogP contribution in [0, 0.1) is 18.8 Å². The molecule has 0 aromatic heterocycles. The number of nitrogens with one attached hydrogen (secondary N) is 1. The van der Waals surface area contributed by atoms with Crippen molar-refractivity contribution in [3.05, 3.63) is 102 Å². The topological polar surface area (TPSA) is 74.2 Å². The number of aryl methyl sites for hydroxylation is 1. The molecule has 0 saturated carbocycles. The van der Waals surface area contributed by atoms with Crippen molar-refractivity contribution in [2.24, 2.45) is 16.2 Å². The van der Waals surface area contributed by atoms with E-state index in [-0.39, 0.29) is 29.0 Å². The average molecular weight is 676 g/mol. The fourth-order valence-electron chi connectivity index (χ4n) is 6.91. The average Bonchev–Trinajstić information content (AvgIpc) is 3.46. The number of aliphatic hydroxyl groups excluding tert-OH is 1. The number of rotatable bonds is 12. The smallest absolute Gasteiger partial charge is 0.192 e. The zero-order valence-electron chi connectivity index (χ0n) is 29.8. The predicted molar refractivity (Wildman–Crippen MR) is 198 cm³/mol. The van der Waals surface area contributed by atoms with Crippen molar-refractivity contribution in [2.75, 3.05) is 25.4 Å². The third kappa shape index (κ3) is 8.28. The minimum Gasteiger partial charge on any atom is -0.415 e. The van der Waals surface area contributed by atoms with Gasteiger partial charge in [0.2, 0.25) is 0 Å². The summed E-state index contributed by atoms with van der Waals surface area (Å²) in [7, 11) is -4.98. The summed E-state index contributed by atoms with van der Waals surface area (Å²) in [6.45, 7) is 20.3. The van der Waals surface area contributed by atoms with Gasteiger partial charge >= 0.3 is 0 Å². The molecule has 2 saturated heterocycles. The largest absolute Gasteiger partial charge is 0.415 e. The Morgan fingerprint density at radius 1 is 1.00 bits per heavy atom. The van der Waals surface area contributed by atoms with Crippen LogP contribution in [-0.2, 0) is 27.1 Å². The molecule has 3 aromatic carbocycles. The summed E-state index contributed by atoms with van der Waals surface area (Å²) in [5.74, 6) is 0.415. The van der Waals surface area contributed by atoms with Gasteiger partial charge in [-0.2, -0.15) is 0 Å². The molecular formula is C39H57N3O3SSi. The Kier molecular flexibility index (Phi) is 10.9. The lowest BCUT2D eigenvalue weighted by Crippen LogP contribution is -2.54. The van der Waals surface area contributed by atoms with Gasteiger partial charge in [-0.25, -0.2) is 8.57 Å². The van der Waals surface area contributed by atoms with Crippen LogP contribution in [0.2, 0.25) is 18.1 Å². The van der Waals surface area contributed by atoms with Crippen molar-refractivity contribution in [1.29, 1.82) is 0 Å². The third-order valence-electron chi connectivity index (χ3n) is 10.9. The van der Waals surface area contributed by atoms with Crippen molar-refractivity contribution in [1.82, 2.24) is 10.2 Å². The second-order valence-corrected chi connectivity index (χ2v) is 23.0. The molecule has 2 aliphatic heterocycles. The SMILES string of the molecule is Cc1ccc(S(=O)(C[C@]23CN(Cc4ccccc4)C[C@H]2[C@@H](O)[C@H](Cc2ccccc2)N3)=N[C@H](CO[Si](C)(C)C(C)(C)C)C(C)C)cc1. The molecule has 6 atom stereocenters. The summed E-state index contributed by atoms with van der Waals surface area (Å²) in [6.07, 6.45) is 0.150. The number of fused-ring (bicyclic) bond motifs is 1. The van der Waals surface area contributed by atoms with Gasteiger partial charge in [-0.05, 0) is 60.7 Å². The summed E-state index contributed by atoms with van der Waals surface area (Å²) >= 11 is 0. The maximum Gasteiger partial charge on any atom is 0.192 e. The molecule has 3 aromatic rings. The zero-order valence-corrected chi connectivity index (χ0v) is 31.6. The normalized spacial score (nSPS) is 25.4. The van der Waals surface area contributed by atoms with Crippen LogP contribution in [0.4, 0.5) is 0 Å². The lowest BCUT2D eigenvalue weighted by Gasteiger charge is -2.37. The van der Waals surface area contributed by atoms with Crippen molar-refractivity contribution < 1.29 is 13.7 Å². The summed E-state index contributed by atoms with van der Waals surface area (Å²) in [4.78, 5) is 3.18. The van der Waals surface area contributed by atoms with Gasteiger partial charge in [-0.1, -0.05) is 113 Å². The van der Waals surface area contributed by atoms with E-state index in [9.17, 15) is 5.11 Å². The summed E-state index contributed by atoms with van der Waals surface area (Å²) in [6, 6.07) is 28.6. The van der Waals surface area contributed by atoms with Crippen molar-refractivity contribution in [2.45, 2.75) is 101 Å². The highest BCUT2D eigenvalue weighted by Crippen LogP contribution is 2.42. The molecule has 2 N–H and O–H groups in total. The first kappa shape index (κ1) is 36.0. The number of aliphatic hydroxyl groups is 1. The van der Waals surface area contributed by atoms with E-state index in [2.05, 4.69) is 113 Å². The summed E-state index contributed by atoms with van der Waals surface area (Å²) in [5.41, 5.74) is 2.98. The Labute approximate surface area is 285 Å². The minimum atomic E-state index is -2.93. The molecule has 2 aliphatic rings. The highest BCUT2D eigenvalue weighted by molar-refractivity contribution is 7.93. The number of nitrogens with zero attached hydrogens (tertiary/aromatic N) is 2. The van der Waals surface area contributed by atoms with Crippen LogP contribution in [0.3, 0.4) is 0 Å². The Bertz CT molecular complexity index is 1580. The van der Waals surface area contributed by atoms with Crippen LogP contribution in [0.15, 0.2) is 94.2 Å². The van der Waals surface area contributed by atoms with Gasteiger partial charge in [0.25, 0.3) is 0 Å². The first-order chi connectivity index (χ1) is 22.1. The molecule has 6 nitrogen and oxygen atoms in total. The standard InChI is InChI=1S/C39H57N3O3SSi/c1-29(2)36(26-45-47(7,8)38(4,5)6)41-46(44,33-21-19-30(3)20-22-33)28-39-27-42(24-32-17-13-10-14-18-32)25-34(39)37(43)35(40-39)23-31-15-11-9-12-16-31/h9-22,29,34-37,40,43H,23-28H2,1-8H3/t34-,35-,36+,37+,39+,46?/m0/s1. The van der Waals surface area contributed by atoms with Crippen LogP contribution >= 0.6 is 0 Å². The van der Waals surface area contributed by atoms with E-state index in [0.717, 1.165) is 30.0 Å². The Hall–Kier alpha value is -2.33. The Morgan fingerprint density at radius 3 is 2.17 bits per heavy atom. The van der Waals surface area contributed by atoms with Gasteiger partial charge in [0.05, 0.1) is 39.8 Å². The van der Waals surface area contributed by atoms with Gasteiger partial charge in [0.15, 0.2) is 8.32 Å². The third-order valence-corrected chi connectivity index (χ3v) is 17.9. The zero-order chi connectivity index (χ0) is 34.0. The molecule has 8 heteroatoms. The molecule has 0 amide bonds. The molecule has 0 bridgehead atoms. The highest BCUT2D eigenvalue weighted by atomic mass is 32.2. The molecule has 47 heavy (non-hydrogen) atoms. The van der Waals surface area contributed by atoms with Gasteiger partial charge < -0.3 is 14.8 Å². The van der Waals surface area contributed by atoms with Crippen LogP contribution in [0.1, 0.15) is 51.3 Å². The number of hydrogen-bond donors (Lipinski definition) is 2. The van der Waals surface area contributed by atoms with Crippen molar-refractivity contribution >= 4 is 18.0 Å². The Balaban J connectivity index is 1.54. The van der Waals surface area contributed by atoms with Gasteiger partial charge in [0, 0.05) is 36.5 Å². The van der Waals surface area contributed by atoms with Crippen LogP contribution in [0.5, 0.6) is 0 Å². The molecular weight excluding hydrogens is 619 g/mol. The van der Waals surface area contributed by atoms with E-state index in [1.54, 1.807) is 0 Å².